The lowest BCUT2D eigenvalue weighted by Crippen LogP contribution is -2.27. The largest absolute Gasteiger partial charge is 0.351 e. The second-order valence-corrected chi connectivity index (χ2v) is 7.50. The van der Waals surface area contributed by atoms with Crippen molar-refractivity contribution in [2.24, 2.45) is 0 Å². The van der Waals surface area contributed by atoms with Crippen LogP contribution >= 0.6 is 22.7 Å². The van der Waals surface area contributed by atoms with Crippen molar-refractivity contribution in [3.8, 4) is 11.3 Å². The number of thiazole rings is 1. The number of carbonyl (C=O) groups is 2. The van der Waals surface area contributed by atoms with Gasteiger partial charge >= 0.3 is 0 Å². The number of benzene rings is 1. The molecule has 2 heterocycles. The van der Waals surface area contributed by atoms with Crippen LogP contribution in [0.25, 0.3) is 11.3 Å². The fourth-order valence-electron chi connectivity index (χ4n) is 2.40. The molecule has 0 saturated heterocycles. The number of anilines is 1. The summed E-state index contributed by atoms with van der Waals surface area (Å²) in [6.07, 6.45) is 0.112. The molecule has 0 radical (unpaired) electrons. The van der Waals surface area contributed by atoms with Gasteiger partial charge in [0, 0.05) is 46.5 Å². The van der Waals surface area contributed by atoms with Crippen molar-refractivity contribution in [1.82, 2.24) is 10.3 Å². The van der Waals surface area contributed by atoms with Gasteiger partial charge in [-0.3, -0.25) is 19.7 Å². The maximum Gasteiger partial charge on any atom is 0.272 e. The van der Waals surface area contributed by atoms with Crippen molar-refractivity contribution in [1.29, 1.82) is 0 Å². The Kier molecular flexibility index (Phi) is 6.12. The number of carbonyl (C=O) groups excluding carboxylic acids is 2. The van der Waals surface area contributed by atoms with Gasteiger partial charge in [0.15, 0.2) is 5.13 Å². The summed E-state index contributed by atoms with van der Waals surface area (Å²) in [5, 5.41) is 22.1. The molecule has 2 amide bonds. The van der Waals surface area contributed by atoms with E-state index in [1.165, 1.54) is 28.7 Å². The first-order valence-electron chi connectivity index (χ1n) is 8.25. The first kappa shape index (κ1) is 19.6. The van der Waals surface area contributed by atoms with Gasteiger partial charge < -0.3 is 10.6 Å². The van der Waals surface area contributed by atoms with E-state index in [1.807, 2.05) is 5.38 Å². The summed E-state index contributed by atoms with van der Waals surface area (Å²) in [5.74, 6) is -0.493. The number of rotatable bonds is 7. The average Bonchev–Trinajstić information content (AvgIpc) is 3.34. The molecule has 0 spiro atoms. The highest BCUT2D eigenvalue weighted by atomic mass is 32.1. The van der Waals surface area contributed by atoms with Gasteiger partial charge in [-0.2, -0.15) is 11.3 Å². The lowest BCUT2D eigenvalue weighted by atomic mass is 10.1. The molecule has 0 aliphatic carbocycles. The predicted octanol–water partition coefficient (Wildman–Crippen LogP) is 3.85. The summed E-state index contributed by atoms with van der Waals surface area (Å²) in [6, 6.07) is 6.60. The molecule has 2 aromatic heterocycles. The molecule has 0 aliphatic rings. The van der Waals surface area contributed by atoms with E-state index in [4.69, 9.17) is 0 Å². The van der Waals surface area contributed by atoms with Crippen LogP contribution in [0.5, 0.6) is 0 Å². The third-order valence-corrected chi connectivity index (χ3v) is 5.31. The number of nitro groups is 1. The lowest BCUT2D eigenvalue weighted by molar-refractivity contribution is -0.385. The van der Waals surface area contributed by atoms with Crippen LogP contribution in [0.1, 0.15) is 22.3 Å². The molecular weight excluding hydrogens is 400 g/mol. The molecule has 0 saturated carbocycles. The van der Waals surface area contributed by atoms with Crippen LogP contribution in [0.3, 0.4) is 0 Å². The Balaban J connectivity index is 1.55. The maximum absolute atomic E-state index is 12.0. The molecule has 0 bridgehead atoms. The van der Waals surface area contributed by atoms with Crippen molar-refractivity contribution in [3.05, 3.63) is 61.6 Å². The van der Waals surface area contributed by atoms with Crippen LogP contribution in [-0.2, 0) is 4.79 Å². The second kappa shape index (κ2) is 8.72. The molecule has 3 aromatic rings. The number of hydrogen-bond donors (Lipinski definition) is 2. The van der Waals surface area contributed by atoms with Gasteiger partial charge in [-0.05, 0) is 18.4 Å². The van der Waals surface area contributed by atoms with Crippen LogP contribution in [-0.4, -0.2) is 28.3 Å². The summed E-state index contributed by atoms with van der Waals surface area (Å²) in [5.41, 5.74) is 2.33. The molecule has 10 heteroatoms. The fraction of sp³-hybridized carbons (Fsp3) is 0.167. The molecule has 0 aliphatic heterocycles. The number of amides is 2. The third-order valence-electron chi connectivity index (χ3n) is 3.87. The van der Waals surface area contributed by atoms with Gasteiger partial charge in [0.1, 0.15) is 0 Å². The van der Waals surface area contributed by atoms with Gasteiger partial charge in [-0.1, -0.05) is 12.1 Å². The molecule has 0 unspecified atom stereocenters. The lowest BCUT2D eigenvalue weighted by Gasteiger charge is -2.04. The highest BCUT2D eigenvalue weighted by Gasteiger charge is 2.14. The van der Waals surface area contributed by atoms with Crippen LogP contribution in [0, 0.1) is 17.0 Å². The number of nitro benzene ring substituents is 1. The van der Waals surface area contributed by atoms with E-state index in [2.05, 4.69) is 15.6 Å². The Bertz CT molecular complexity index is 1010. The van der Waals surface area contributed by atoms with Crippen LogP contribution in [0.15, 0.2) is 40.4 Å². The number of nitrogens with zero attached hydrogens (tertiary/aromatic N) is 2. The Hall–Kier alpha value is -3.11. The van der Waals surface area contributed by atoms with E-state index in [0.29, 0.717) is 27.5 Å². The number of aromatic nitrogens is 1. The monoisotopic (exact) mass is 416 g/mol. The van der Waals surface area contributed by atoms with Crippen LogP contribution in [0.2, 0.25) is 0 Å². The normalized spacial score (nSPS) is 10.5. The molecule has 28 heavy (non-hydrogen) atoms. The Morgan fingerprint density at radius 1 is 1.25 bits per heavy atom. The van der Waals surface area contributed by atoms with Crippen LogP contribution < -0.4 is 10.6 Å². The highest BCUT2D eigenvalue weighted by molar-refractivity contribution is 7.14. The zero-order chi connectivity index (χ0) is 20.1. The summed E-state index contributed by atoms with van der Waals surface area (Å²) >= 11 is 2.66. The molecule has 2 N–H and O–H groups in total. The molecule has 8 nitrogen and oxygen atoms in total. The van der Waals surface area contributed by atoms with Crippen molar-refractivity contribution in [3.63, 3.8) is 0 Å². The highest BCUT2D eigenvalue weighted by Crippen LogP contribution is 2.29. The van der Waals surface area contributed by atoms with Gasteiger partial charge in [0.2, 0.25) is 5.91 Å². The van der Waals surface area contributed by atoms with Crippen molar-refractivity contribution in [2.75, 3.05) is 11.9 Å². The smallest absolute Gasteiger partial charge is 0.272 e. The predicted molar refractivity (Wildman–Crippen MR) is 109 cm³/mol. The third kappa shape index (κ3) is 4.78. The van der Waals surface area contributed by atoms with E-state index in [1.54, 1.807) is 35.9 Å². The summed E-state index contributed by atoms with van der Waals surface area (Å²) in [7, 11) is 0. The second-order valence-electron chi connectivity index (χ2n) is 5.86. The van der Waals surface area contributed by atoms with Gasteiger partial charge in [-0.25, -0.2) is 4.98 Å². The molecule has 3 rings (SSSR count). The first-order chi connectivity index (χ1) is 13.4. The van der Waals surface area contributed by atoms with E-state index >= 15 is 0 Å². The Labute approximate surface area is 168 Å². The SMILES string of the molecule is Cc1ccc(-c2csc(NC(=O)CCNC(=O)c3ccsc3)n2)cc1[N+](=O)[O-]. The quantitative estimate of drug-likeness (QED) is 0.448. The van der Waals surface area contributed by atoms with Crippen molar-refractivity contribution < 1.29 is 14.5 Å². The maximum atomic E-state index is 12.0. The first-order valence-corrected chi connectivity index (χ1v) is 10.1. The molecule has 0 fully saturated rings. The minimum atomic E-state index is -0.432. The van der Waals surface area contributed by atoms with Crippen LogP contribution in [0.4, 0.5) is 10.8 Å². The molecule has 0 atom stereocenters. The standard InChI is InChI=1S/C18H16N4O4S2/c1-11-2-3-12(8-15(11)22(25)26)14-10-28-18(20-14)21-16(23)4-6-19-17(24)13-5-7-27-9-13/h2-3,5,7-10H,4,6H2,1H3,(H,19,24)(H,20,21,23). The Morgan fingerprint density at radius 2 is 2.07 bits per heavy atom. The van der Waals surface area contributed by atoms with E-state index in [0.717, 1.165) is 0 Å². The van der Waals surface area contributed by atoms with E-state index in [9.17, 15) is 19.7 Å². The summed E-state index contributed by atoms with van der Waals surface area (Å²) in [4.78, 5) is 38.8. The van der Waals surface area contributed by atoms with Crippen molar-refractivity contribution >= 4 is 45.3 Å². The minimum absolute atomic E-state index is 0.0254. The zero-order valence-electron chi connectivity index (χ0n) is 14.8. The number of thiophene rings is 1. The van der Waals surface area contributed by atoms with E-state index < -0.39 is 4.92 Å². The zero-order valence-corrected chi connectivity index (χ0v) is 16.4. The average molecular weight is 416 g/mol. The molecule has 144 valence electrons. The Morgan fingerprint density at radius 3 is 2.79 bits per heavy atom. The molecule has 1 aromatic carbocycles. The van der Waals surface area contributed by atoms with Gasteiger partial charge in [0.05, 0.1) is 10.6 Å². The minimum Gasteiger partial charge on any atom is -0.351 e. The number of hydrogen-bond acceptors (Lipinski definition) is 7. The topological polar surface area (TPSA) is 114 Å². The van der Waals surface area contributed by atoms with Gasteiger partial charge in [0.25, 0.3) is 11.6 Å². The molecular formula is C18H16N4O4S2. The summed E-state index contributed by atoms with van der Waals surface area (Å²) in [6.45, 7) is 1.88. The summed E-state index contributed by atoms with van der Waals surface area (Å²) < 4.78 is 0. The fourth-order valence-corrected chi connectivity index (χ4v) is 3.77. The van der Waals surface area contributed by atoms with Crippen molar-refractivity contribution in [2.45, 2.75) is 13.3 Å². The number of nitrogens with one attached hydrogen (secondary N) is 2. The number of aryl methyl sites for hydroxylation is 1. The van der Waals surface area contributed by atoms with Gasteiger partial charge in [-0.15, -0.1) is 11.3 Å². The van der Waals surface area contributed by atoms with E-state index in [-0.39, 0.29) is 30.5 Å².